The number of cyclic esters (lactones) is 1. The van der Waals surface area contributed by atoms with Gasteiger partial charge in [-0.2, -0.15) is 12.1 Å². The first kappa shape index (κ1) is 21.3. The molecule has 2 N–H and O–H groups in total. The van der Waals surface area contributed by atoms with Gasteiger partial charge in [0.2, 0.25) is 5.95 Å². The summed E-state index contributed by atoms with van der Waals surface area (Å²) in [6.07, 6.45) is -0.0679. The van der Waals surface area contributed by atoms with Crippen LogP contribution in [0, 0.1) is 18.7 Å². The first-order chi connectivity index (χ1) is 13.3. The molecule has 3 rings (SSSR count). The van der Waals surface area contributed by atoms with E-state index >= 15 is 0 Å². The van der Waals surface area contributed by atoms with E-state index in [0.29, 0.717) is 0 Å². The van der Waals surface area contributed by atoms with Crippen LogP contribution in [0.25, 0.3) is 0 Å². The van der Waals surface area contributed by atoms with Crippen molar-refractivity contribution in [1.82, 2.24) is 9.97 Å². The van der Waals surface area contributed by atoms with E-state index in [0.717, 1.165) is 12.1 Å². The number of ether oxygens (including phenoxy) is 2. The predicted octanol–water partition coefficient (Wildman–Crippen LogP) is 2.80. The number of anilines is 2. The van der Waals surface area contributed by atoms with Crippen LogP contribution in [0.3, 0.4) is 0 Å². The molecule has 0 spiro atoms. The Morgan fingerprint density at radius 2 is 2.10 bits per heavy atom. The molecule has 1 aromatic carbocycles. The summed E-state index contributed by atoms with van der Waals surface area (Å²) >= 11 is 0. The fourth-order valence-corrected chi connectivity index (χ4v) is 2.87. The van der Waals surface area contributed by atoms with Crippen molar-refractivity contribution in [2.75, 3.05) is 16.8 Å². The van der Waals surface area contributed by atoms with Crippen LogP contribution in [-0.4, -0.2) is 39.9 Å². The van der Waals surface area contributed by atoms with E-state index in [1.54, 1.807) is 13.8 Å². The second kappa shape index (κ2) is 8.34. The molecule has 1 amide bonds. The standard InChI is InChI=1S/C18H19F2N4O4.Cf/c1-9(11-6-13(20)15(27-3)7-12(11)19)22-17-21-5-4-16(23-17)24-14(10(2)25)8-28-18(24)26;/h4-7,9-10,14,25H,3,8H2,1-2H3,(H,21,22,23);/q-1;/t9-,10+,14+;/m0./s1. The number of nitrogens with zero attached hydrogens (tertiary/aromatic N) is 3. The Kier molecular flexibility index (Phi) is 6.12. The third-order valence-electron chi connectivity index (χ3n) is 4.37. The molecule has 1 aromatic heterocycles. The minimum absolute atomic E-state index is 0. The van der Waals surface area contributed by atoms with E-state index in [1.165, 1.54) is 17.2 Å². The van der Waals surface area contributed by atoms with Gasteiger partial charge in [-0.05, 0) is 26.0 Å². The van der Waals surface area contributed by atoms with Gasteiger partial charge in [0.25, 0.3) is 0 Å². The summed E-state index contributed by atoms with van der Waals surface area (Å²) in [5.41, 5.74) is 0.0368. The van der Waals surface area contributed by atoms with Crippen molar-refractivity contribution in [1.29, 1.82) is 0 Å². The fraction of sp³-hybridized carbons (Fsp3) is 0.333. The van der Waals surface area contributed by atoms with E-state index in [9.17, 15) is 18.7 Å². The van der Waals surface area contributed by atoms with Crippen molar-refractivity contribution in [3.8, 4) is 5.75 Å². The van der Waals surface area contributed by atoms with E-state index in [-0.39, 0.29) is 29.7 Å². The van der Waals surface area contributed by atoms with Crippen molar-refractivity contribution in [2.45, 2.75) is 32.0 Å². The topological polar surface area (TPSA) is 96.8 Å². The van der Waals surface area contributed by atoms with Crippen LogP contribution in [0.1, 0.15) is 25.5 Å². The van der Waals surface area contributed by atoms with Gasteiger partial charge in [-0.3, -0.25) is 4.90 Å². The Bertz CT molecular complexity index is 887. The molecule has 2 heterocycles. The number of halogens is 2. The zero-order valence-corrected chi connectivity index (χ0v) is 18.2. The Morgan fingerprint density at radius 3 is 2.76 bits per heavy atom. The molecule has 29 heavy (non-hydrogen) atoms. The van der Waals surface area contributed by atoms with E-state index < -0.39 is 35.9 Å². The maximum Gasteiger partial charge on any atom is 0.416 e. The van der Waals surface area contributed by atoms with Crippen molar-refractivity contribution >= 4 is 17.9 Å². The van der Waals surface area contributed by atoms with Crippen molar-refractivity contribution in [2.24, 2.45) is 0 Å². The van der Waals surface area contributed by atoms with Gasteiger partial charge in [0.05, 0.1) is 12.1 Å². The van der Waals surface area contributed by atoms with Gasteiger partial charge in [-0.15, -0.1) is 0 Å². The Labute approximate surface area is 160 Å². The van der Waals surface area contributed by atoms with E-state index in [2.05, 4.69) is 27.1 Å². The molecule has 1 aliphatic rings. The number of amides is 1. The maximum absolute atomic E-state index is 14.2. The third-order valence-corrected chi connectivity index (χ3v) is 4.37. The first-order valence-electron chi connectivity index (χ1n) is 8.46. The number of hydrogen-bond acceptors (Lipinski definition) is 7. The molecule has 8 nitrogen and oxygen atoms in total. The molecule has 1 aliphatic heterocycles. The third kappa shape index (κ3) is 4.13. The second-order valence-corrected chi connectivity index (χ2v) is 6.31. The average molecular weight is 644 g/mol. The molecular formula is C18H19CfF2N4O4-. The number of aliphatic hydroxyl groups excluding tert-OH is 1. The van der Waals surface area contributed by atoms with Gasteiger partial charge in [-0.25, -0.2) is 18.6 Å². The molecule has 0 saturated carbocycles. The van der Waals surface area contributed by atoms with E-state index in [1.807, 2.05) is 0 Å². The van der Waals surface area contributed by atoms with Gasteiger partial charge < -0.3 is 19.9 Å². The Hall–Kier alpha value is -4.01. The van der Waals surface area contributed by atoms with Crippen molar-refractivity contribution in [3.63, 3.8) is 0 Å². The Morgan fingerprint density at radius 1 is 1.38 bits per heavy atom. The summed E-state index contributed by atoms with van der Waals surface area (Å²) in [6.45, 7) is 3.17. The second-order valence-electron chi connectivity index (χ2n) is 6.31. The number of carbonyl (C=O) groups is 1. The molecule has 11 heteroatoms. The molecule has 1 fully saturated rings. The van der Waals surface area contributed by atoms with Gasteiger partial charge in [0, 0.05) is 17.8 Å². The first-order valence-corrected chi connectivity index (χ1v) is 8.46. The quantitative estimate of drug-likeness (QED) is 0.468. The average Bonchev–Trinajstić information content (AvgIpc) is 3.05. The van der Waals surface area contributed by atoms with Crippen LogP contribution in [-0.2, 0) is 4.74 Å². The van der Waals surface area contributed by atoms with Gasteiger partial charge in [0.1, 0.15) is 30.0 Å². The van der Waals surface area contributed by atoms with Gasteiger partial charge in [-0.1, -0.05) is 0 Å². The molecule has 3 atom stereocenters. The minimum Gasteiger partial charge on any atom is -0.663 e. The SMILES string of the molecule is [CH2-]Oc1cc(F)c([C@H](C)Nc2nccc(N3C(=O)OC[C@@H]3[C@@H](C)O)n2)cc1F.[Cf]. The summed E-state index contributed by atoms with van der Waals surface area (Å²) < 4.78 is 37.6. The van der Waals surface area contributed by atoms with Crippen LogP contribution in [0.5, 0.6) is 5.75 Å². The molecule has 0 bridgehead atoms. The Balaban J connectivity index is 0.00000300. The van der Waals surface area contributed by atoms with Gasteiger partial charge >= 0.3 is 6.09 Å². The van der Waals surface area contributed by atoms with Gasteiger partial charge in [0.15, 0.2) is 5.82 Å². The summed E-state index contributed by atoms with van der Waals surface area (Å²) in [7, 11) is 3.07. The fourth-order valence-electron chi connectivity index (χ4n) is 2.87. The number of rotatable bonds is 6. The van der Waals surface area contributed by atoms with Crippen LogP contribution in [0.15, 0.2) is 24.4 Å². The number of benzene rings is 1. The van der Waals surface area contributed by atoms with Crippen LogP contribution >= 0.6 is 0 Å². The molecule has 0 aliphatic carbocycles. The normalized spacial score (nSPS) is 17.9. The van der Waals surface area contributed by atoms with Crippen LogP contribution < -0.4 is 15.0 Å². The number of aliphatic hydroxyl groups is 1. The van der Waals surface area contributed by atoms with Crippen LogP contribution in [0.4, 0.5) is 25.3 Å². The largest absolute Gasteiger partial charge is 0.663 e. The van der Waals surface area contributed by atoms with E-state index in [4.69, 9.17) is 4.74 Å². The zero-order valence-electron chi connectivity index (χ0n) is 15.5. The van der Waals surface area contributed by atoms with Crippen molar-refractivity contribution < 1.29 is 28.2 Å². The smallest absolute Gasteiger partial charge is 0.416 e. The number of aromatic nitrogens is 2. The summed E-state index contributed by atoms with van der Waals surface area (Å²) in [5.74, 6) is -1.44. The zero-order chi connectivity index (χ0) is 20.4. The number of hydrogen-bond donors (Lipinski definition) is 2. The molecule has 1 saturated heterocycles. The molecule has 0 radical (unpaired) electrons. The van der Waals surface area contributed by atoms with Crippen molar-refractivity contribution in [3.05, 3.63) is 48.7 Å². The number of nitrogens with one attached hydrogen (secondary N) is 1. The minimum atomic E-state index is -0.831. The molecular weight excluding hydrogens is 625 g/mol. The summed E-state index contributed by atoms with van der Waals surface area (Å²) in [6, 6.07) is 2.11. The summed E-state index contributed by atoms with van der Waals surface area (Å²) in [4.78, 5) is 21.5. The maximum atomic E-state index is 14.2. The predicted molar refractivity (Wildman–Crippen MR) is 95.7 cm³/mol. The monoisotopic (exact) mass is 642 g/mol. The van der Waals surface area contributed by atoms with Crippen LogP contribution in [0.2, 0.25) is 0 Å². The molecule has 2 aromatic rings. The summed E-state index contributed by atoms with van der Waals surface area (Å²) in [5, 5.41) is 12.7. The number of carbonyl (C=O) groups excluding carboxylic acids is 1. The molecule has 160 valence electrons. The molecule has 0 unspecified atom stereocenters.